The van der Waals surface area contributed by atoms with Crippen LogP contribution in [-0.4, -0.2) is 11.5 Å². The Morgan fingerprint density at radius 1 is 0.327 bits per heavy atom. The quantitative estimate of drug-likeness (QED) is 0.163. The summed E-state index contributed by atoms with van der Waals surface area (Å²) in [6, 6.07) is 63.2. The van der Waals surface area contributed by atoms with Gasteiger partial charge in [0.05, 0.1) is 11.4 Å². The minimum absolute atomic E-state index is 0.738. The number of amidine groups is 1. The molecule has 0 saturated carbocycles. The van der Waals surface area contributed by atoms with Crippen LogP contribution in [-0.2, 0) is 0 Å². The van der Waals surface area contributed by atoms with Crippen molar-refractivity contribution in [1.82, 2.24) is 0 Å². The van der Waals surface area contributed by atoms with E-state index in [0.717, 1.165) is 70.7 Å². The van der Waals surface area contributed by atoms with Gasteiger partial charge in [-0.2, -0.15) is 0 Å². The first-order chi connectivity index (χ1) is 25.8. The molecule has 8 aromatic rings. The molecule has 0 atom stereocenters. The first-order valence-electron chi connectivity index (χ1n) is 18.3. The highest BCUT2D eigenvalue weighted by atomic mass is 14.9. The van der Waals surface area contributed by atoms with Crippen LogP contribution < -0.4 is 0 Å². The summed E-state index contributed by atoms with van der Waals surface area (Å²) in [5.74, 6) is 0.738. The van der Waals surface area contributed by atoms with Crippen molar-refractivity contribution in [3.8, 4) is 22.3 Å². The minimum Gasteiger partial charge on any atom is -0.233 e. The van der Waals surface area contributed by atoms with Gasteiger partial charge in [0.2, 0.25) is 0 Å². The maximum Gasteiger partial charge on any atom is 0.160 e. The maximum atomic E-state index is 5.35. The van der Waals surface area contributed by atoms with E-state index in [4.69, 9.17) is 9.98 Å². The van der Waals surface area contributed by atoms with E-state index in [0.29, 0.717) is 0 Å². The average molecular weight is 667 g/mol. The highest BCUT2D eigenvalue weighted by Gasteiger charge is 2.14. The number of hydrogen-bond acceptors (Lipinski definition) is 2. The predicted octanol–water partition coefficient (Wildman–Crippen LogP) is 13.3. The molecule has 0 spiro atoms. The van der Waals surface area contributed by atoms with Crippen molar-refractivity contribution < 1.29 is 0 Å². The average Bonchev–Trinajstić information content (AvgIpc) is 3.23. The number of rotatable bonds is 5. The molecule has 2 nitrogen and oxygen atoms in total. The van der Waals surface area contributed by atoms with Crippen LogP contribution in [0.15, 0.2) is 192 Å². The monoisotopic (exact) mass is 666 g/mol. The molecule has 1 aliphatic rings. The van der Waals surface area contributed by atoms with Gasteiger partial charge in [0.25, 0.3) is 0 Å². The standard InChI is InChI=1S/C50H38N2/c1-4-16-35(17-5-1)48-28-8-3-9-29-49(36-18-6-2-7-19-36)52-50(51-48)41-23-15-22-39(33-41)37-20-14-21-38(32-37)40-30-31-46-44-26-11-10-24-42(44)43-25-12-13-27-45(43)47(46)34-40/h1-2,4-7,10-28,30-34H,3,8-9,29H2/b48-28-,51-50-,52-49+. The Bertz CT molecular complexity index is 2630. The number of benzene rings is 8. The topological polar surface area (TPSA) is 24.7 Å². The molecule has 248 valence electrons. The van der Waals surface area contributed by atoms with Gasteiger partial charge in [0.15, 0.2) is 5.84 Å². The van der Waals surface area contributed by atoms with Gasteiger partial charge in [0, 0.05) is 5.56 Å². The molecule has 0 unspecified atom stereocenters. The highest BCUT2D eigenvalue weighted by Crippen LogP contribution is 2.38. The van der Waals surface area contributed by atoms with Gasteiger partial charge in [0.1, 0.15) is 0 Å². The van der Waals surface area contributed by atoms with Crippen molar-refractivity contribution in [3.05, 3.63) is 199 Å². The minimum atomic E-state index is 0.738. The predicted molar refractivity (Wildman–Crippen MR) is 222 cm³/mol. The Balaban J connectivity index is 1.15. The molecule has 8 aromatic carbocycles. The second-order valence-electron chi connectivity index (χ2n) is 13.6. The van der Waals surface area contributed by atoms with Crippen LogP contribution in [0.2, 0.25) is 0 Å². The molecule has 0 radical (unpaired) electrons. The first-order valence-corrected chi connectivity index (χ1v) is 18.3. The third-order valence-corrected chi connectivity index (χ3v) is 10.2. The fraction of sp³-hybridized carbons (Fsp3) is 0.0800. The van der Waals surface area contributed by atoms with Crippen molar-refractivity contribution in [2.75, 3.05) is 0 Å². The van der Waals surface area contributed by atoms with Crippen LogP contribution >= 0.6 is 0 Å². The van der Waals surface area contributed by atoms with Gasteiger partial charge in [-0.25, -0.2) is 9.98 Å². The van der Waals surface area contributed by atoms with E-state index in [1.807, 2.05) is 0 Å². The molecule has 0 aliphatic carbocycles. The zero-order chi connectivity index (χ0) is 34.7. The Hall–Kier alpha value is -6.38. The molecule has 9 rings (SSSR count). The Morgan fingerprint density at radius 3 is 1.44 bits per heavy atom. The Kier molecular flexibility index (Phi) is 8.56. The molecule has 0 N–H and O–H groups in total. The van der Waals surface area contributed by atoms with E-state index in [9.17, 15) is 0 Å². The van der Waals surface area contributed by atoms with Crippen LogP contribution in [0.4, 0.5) is 0 Å². The van der Waals surface area contributed by atoms with Crippen molar-refractivity contribution >= 4 is 49.6 Å². The lowest BCUT2D eigenvalue weighted by molar-refractivity contribution is 0.777. The molecule has 0 saturated heterocycles. The first kappa shape index (κ1) is 31.6. The summed E-state index contributed by atoms with van der Waals surface area (Å²) in [7, 11) is 0. The fourth-order valence-electron chi connectivity index (χ4n) is 7.61. The van der Waals surface area contributed by atoms with E-state index in [2.05, 4.69) is 182 Å². The summed E-state index contributed by atoms with van der Waals surface area (Å²) in [6.07, 6.45) is 6.35. The Labute approximate surface area is 305 Å². The van der Waals surface area contributed by atoms with Crippen molar-refractivity contribution in [2.24, 2.45) is 9.98 Å². The normalized spacial score (nSPS) is 16.8. The maximum absolute atomic E-state index is 5.35. The molecule has 0 amide bonds. The lowest BCUT2D eigenvalue weighted by Gasteiger charge is -2.14. The largest absolute Gasteiger partial charge is 0.233 e. The van der Waals surface area contributed by atoms with Crippen molar-refractivity contribution in [1.29, 1.82) is 0 Å². The zero-order valence-corrected chi connectivity index (χ0v) is 29.0. The van der Waals surface area contributed by atoms with Gasteiger partial charge in [-0.3, -0.25) is 0 Å². The lowest BCUT2D eigenvalue weighted by atomic mass is 9.91. The third-order valence-electron chi connectivity index (χ3n) is 10.2. The summed E-state index contributed by atoms with van der Waals surface area (Å²) in [4.78, 5) is 10.7. The molecule has 1 heterocycles. The van der Waals surface area contributed by atoms with Gasteiger partial charge < -0.3 is 0 Å². The summed E-state index contributed by atoms with van der Waals surface area (Å²) in [5, 5.41) is 7.73. The highest BCUT2D eigenvalue weighted by molar-refractivity contribution is 6.25. The number of hydrogen-bond donors (Lipinski definition) is 0. The van der Waals surface area contributed by atoms with Gasteiger partial charge in [-0.15, -0.1) is 0 Å². The smallest absolute Gasteiger partial charge is 0.160 e. The molecule has 0 fully saturated rings. The van der Waals surface area contributed by atoms with Crippen LogP contribution in [0.25, 0.3) is 60.3 Å². The van der Waals surface area contributed by atoms with Gasteiger partial charge >= 0.3 is 0 Å². The van der Waals surface area contributed by atoms with Crippen LogP contribution in [0.3, 0.4) is 0 Å². The molecule has 0 aromatic heterocycles. The SMILES string of the molecule is C1=C(c2ccccc2)/N=C(c2cccc(-c3cccc(-c4ccc5c6ccccc6c6ccccc6c5c4)c3)c2)\N=C(\c2ccccc2)CCCC\1. The zero-order valence-electron chi connectivity index (χ0n) is 29.0. The van der Waals surface area contributed by atoms with E-state index < -0.39 is 0 Å². The van der Waals surface area contributed by atoms with E-state index in [-0.39, 0.29) is 0 Å². The van der Waals surface area contributed by atoms with E-state index >= 15 is 0 Å². The van der Waals surface area contributed by atoms with Crippen molar-refractivity contribution in [2.45, 2.75) is 25.7 Å². The summed E-state index contributed by atoms with van der Waals surface area (Å²) < 4.78 is 0. The van der Waals surface area contributed by atoms with Crippen LogP contribution in [0, 0.1) is 0 Å². The van der Waals surface area contributed by atoms with Crippen LogP contribution in [0.5, 0.6) is 0 Å². The molecular weight excluding hydrogens is 629 g/mol. The Morgan fingerprint density at radius 2 is 0.808 bits per heavy atom. The summed E-state index contributed by atoms with van der Waals surface area (Å²) in [6.45, 7) is 0. The van der Waals surface area contributed by atoms with Gasteiger partial charge in [-0.05, 0) is 110 Å². The molecular formula is C50H38N2. The van der Waals surface area contributed by atoms with E-state index in [1.54, 1.807) is 0 Å². The third kappa shape index (κ3) is 6.25. The number of aliphatic imine (C=N–C) groups is 2. The lowest BCUT2D eigenvalue weighted by Crippen LogP contribution is -2.08. The second kappa shape index (κ2) is 14.1. The molecule has 2 heteroatoms. The summed E-state index contributed by atoms with van der Waals surface area (Å²) in [5.41, 5.74) is 10.0. The van der Waals surface area contributed by atoms with E-state index in [1.165, 1.54) is 43.4 Å². The molecule has 1 aliphatic heterocycles. The number of allylic oxidation sites excluding steroid dienone is 1. The van der Waals surface area contributed by atoms with Crippen LogP contribution in [0.1, 0.15) is 42.4 Å². The summed E-state index contributed by atoms with van der Waals surface area (Å²) >= 11 is 0. The second-order valence-corrected chi connectivity index (χ2v) is 13.6. The fourth-order valence-corrected chi connectivity index (χ4v) is 7.61. The number of nitrogens with zero attached hydrogens (tertiary/aromatic N) is 2. The molecule has 52 heavy (non-hydrogen) atoms. The van der Waals surface area contributed by atoms with Gasteiger partial charge in [-0.1, -0.05) is 164 Å². The van der Waals surface area contributed by atoms with Crippen molar-refractivity contribution in [3.63, 3.8) is 0 Å². The molecule has 0 bridgehead atoms. The number of fused-ring (bicyclic) bond motifs is 6.